The maximum Gasteiger partial charge on any atom is 0.573 e. The van der Waals surface area contributed by atoms with Gasteiger partial charge in [0.05, 0.1) is 13.2 Å². The number of hydrogen-bond acceptors (Lipinski definition) is 5. The Morgan fingerprint density at radius 2 is 1.82 bits per heavy atom. The molecule has 5 nitrogen and oxygen atoms in total. The van der Waals surface area contributed by atoms with E-state index in [9.17, 15) is 13.2 Å². The summed E-state index contributed by atoms with van der Waals surface area (Å²) in [5.41, 5.74) is 0.765. The Balaban J connectivity index is 2.04. The first-order chi connectivity index (χ1) is 10.4. The van der Waals surface area contributed by atoms with Gasteiger partial charge in [0.1, 0.15) is 5.75 Å². The van der Waals surface area contributed by atoms with Crippen LogP contribution in [-0.4, -0.2) is 23.4 Å². The third-order valence-corrected chi connectivity index (χ3v) is 2.80. The second-order valence-electron chi connectivity index (χ2n) is 4.41. The molecule has 0 amide bonds. The van der Waals surface area contributed by atoms with Gasteiger partial charge in [-0.15, -0.1) is 13.2 Å². The molecule has 0 bridgehead atoms. The lowest BCUT2D eigenvalue weighted by atomic mass is 10.1. The van der Waals surface area contributed by atoms with Crippen molar-refractivity contribution in [3.05, 3.63) is 42.1 Å². The summed E-state index contributed by atoms with van der Waals surface area (Å²) in [6.07, 6.45) is -3.15. The van der Waals surface area contributed by atoms with Crippen LogP contribution in [0.25, 0.3) is 0 Å². The highest BCUT2D eigenvalue weighted by Crippen LogP contribution is 2.25. The Morgan fingerprint density at radius 3 is 2.41 bits per heavy atom. The van der Waals surface area contributed by atoms with Crippen molar-refractivity contribution in [1.29, 1.82) is 0 Å². The fourth-order valence-corrected chi connectivity index (χ4v) is 1.76. The number of alkyl halides is 3. The SMILES string of the molecule is COc1ccnc(N[C@@H](C)c2ccc(OC(F)(F)F)cc2)n1. The maximum absolute atomic E-state index is 12.1. The molecule has 2 aromatic rings. The molecule has 1 aromatic heterocycles. The second-order valence-corrected chi connectivity index (χ2v) is 4.41. The molecule has 0 aliphatic heterocycles. The molecule has 0 fully saturated rings. The molecule has 0 saturated heterocycles. The normalized spacial score (nSPS) is 12.6. The first kappa shape index (κ1) is 15.9. The van der Waals surface area contributed by atoms with Gasteiger partial charge in [-0.2, -0.15) is 4.98 Å². The average molecular weight is 313 g/mol. The number of methoxy groups -OCH3 is 1. The number of anilines is 1. The predicted octanol–water partition coefficient (Wildman–Crippen LogP) is 3.56. The van der Waals surface area contributed by atoms with E-state index < -0.39 is 6.36 Å². The van der Waals surface area contributed by atoms with Crippen LogP contribution in [0.5, 0.6) is 11.6 Å². The Kier molecular flexibility index (Phi) is 4.69. The molecule has 118 valence electrons. The number of ether oxygens (including phenoxy) is 2. The minimum absolute atomic E-state index is 0.202. The third-order valence-electron chi connectivity index (χ3n) is 2.80. The van der Waals surface area contributed by atoms with Gasteiger partial charge in [0.2, 0.25) is 11.8 Å². The molecule has 1 N–H and O–H groups in total. The summed E-state index contributed by atoms with van der Waals surface area (Å²) in [7, 11) is 1.49. The Labute approximate surface area is 125 Å². The van der Waals surface area contributed by atoms with Gasteiger partial charge in [-0.25, -0.2) is 4.98 Å². The molecule has 8 heteroatoms. The van der Waals surface area contributed by atoms with Gasteiger partial charge in [0.15, 0.2) is 0 Å². The Hall–Kier alpha value is -2.51. The van der Waals surface area contributed by atoms with Crippen LogP contribution < -0.4 is 14.8 Å². The lowest BCUT2D eigenvalue weighted by Gasteiger charge is -2.15. The number of benzene rings is 1. The van der Waals surface area contributed by atoms with Crippen LogP contribution in [0.2, 0.25) is 0 Å². The molecule has 0 aliphatic rings. The van der Waals surface area contributed by atoms with Crippen molar-refractivity contribution in [3.63, 3.8) is 0 Å². The van der Waals surface area contributed by atoms with Crippen molar-refractivity contribution in [2.75, 3.05) is 12.4 Å². The van der Waals surface area contributed by atoms with E-state index in [0.717, 1.165) is 5.56 Å². The standard InChI is InChI=1S/C14H14F3N3O2/c1-9(19-13-18-8-7-12(20-13)21-2)10-3-5-11(6-4-10)22-14(15,16)17/h3-9H,1-2H3,(H,18,19,20)/t9-/m0/s1. The summed E-state index contributed by atoms with van der Waals surface area (Å²) in [5.74, 6) is 0.516. The van der Waals surface area contributed by atoms with Gasteiger partial charge in [0.25, 0.3) is 0 Å². The van der Waals surface area contributed by atoms with Crippen molar-refractivity contribution in [1.82, 2.24) is 9.97 Å². The topological polar surface area (TPSA) is 56.3 Å². The van der Waals surface area contributed by atoms with E-state index in [1.54, 1.807) is 24.4 Å². The highest BCUT2D eigenvalue weighted by molar-refractivity contribution is 5.35. The zero-order chi connectivity index (χ0) is 16.2. The number of halogens is 3. The molecule has 22 heavy (non-hydrogen) atoms. The molecule has 1 aromatic carbocycles. The molecule has 0 aliphatic carbocycles. The van der Waals surface area contributed by atoms with Gasteiger partial charge in [-0.3, -0.25) is 0 Å². The number of rotatable bonds is 5. The van der Waals surface area contributed by atoms with E-state index >= 15 is 0 Å². The highest BCUT2D eigenvalue weighted by Gasteiger charge is 2.31. The van der Waals surface area contributed by atoms with E-state index in [2.05, 4.69) is 20.0 Å². The molecule has 2 rings (SSSR count). The smallest absolute Gasteiger partial charge is 0.481 e. The van der Waals surface area contributed by atoms with Gasteiger partial charge in [-0.1, -0.05) is 12.1 Å². The van der Waals surface area contributed by atoms with Crippen LogP contribution in [0.15, 0.2) is 36.5 Å². The summed E-state index contributed by atoms with van der Waals surface area (Å²) in [6.45, 7) is 1.84. The van der Waals surface area contributed by atoms with Gasteiger partial charge in [0, 0.05) is 12.3 Å². The molecule has 0 radical (unpaired) electrons. The third kappa shape index (κ3) is 4.51. The van der Waals surface area contributed by atoms with Crippen LogP contribution in [0.4, 0.5) is 19.1 Å². The largest absolute Gasteiger partial charge is 0.573 e. The van der Waals surface area contributed by atoms with E-state index in [1.807, 2.05) is 6.92 Å². The van der Waals surface area contributed by atoms with Crippen LogP contribution in [0.1, 0.15) is 18.5 Å². The van der Waals surface area contributed by atoms with Gasteiger partial charge in [-0.05, 0) is 24.6 Å². The van der Waals surface area contributed by atoms with Crippen molar-refractivity contribution in [2.45, 2.75) is 19.3 Å². The molecule has 1 atom stereocenters. The van der Waals surface area contributed by atoms with E-state index in [1.165, 1.54) is 19.2 Å². The number of aromatic nitrogens is 2. The quantitative estimate of drug-likeness (QED) is 0.914. The molecule has 1 heterocycles. The lowest BCUT2D eigenvalue weighted by molar-refractivity contribution is -0.274. The number of hydrogen-bond donors (Lipinski definition) is 1. The Bertz CT molecular complexity index is 617. The molecule has 0 unspecified atom stereocenters. The number of nitrogens with one attached hydrogen (secondary N) is 1. The second kappa shape index (κ2) is 6.50. The monoisotopic (exact) mass is 313 g/mol. The zero-order valence-electron chi connectivity index (χ0n) is 11.9. The van der Waals surface area contributed by atoms with Crippen molar-refractivity contribution in [3.8, 4) is 11.6 Å². The zero-order valence-corrected chi connectivity index (χ0v) is 11.9. The summed E-state index contributed by atoms with van der Waals surface area (Å²) < 4.78 is 45.1. The highest BCUT2D eigenvalue weighted by atomic mass is 19.4. The summed E-state index contributed by atoms with van der Waals surface area (Å²) in [4.78, 5) is 8.15. The van der Waals surface area contributed by atoms with Crippen molar-refractivity contribution >= 4 is 5.95 Å². The molecular formula is C14H14F3N3O2. The van der Waals surface area contributed by atoms with Crippen molar-refractivity contribution in [2.24, 2.45) is 0 Å². The average Bonchev–Trinajstić information content (AvgIpc) is 2.46. The fraction of sp³-hybridized carbons (Fsp3) is 0.286. The first-order valence-corrected chi connectivity index (χ1v) is 6.36. The first-order valence-electron chi connectivity index (χ1n) is 6.36. The van der Waals surface area contributed by atoms with Gasteiger partial charge >= 0.3 is 6.36 Å². The molecular weight excluding hydrogens is 299 g/mol. The van der Waals surface area contributed by atoms with Crippen LogP contribution in [0, 0.1) is 0 Å². The maximum atomic E-state index is 12.1. The fourth-order valence-electron chi connectivity index (χ4n) is 1.76. The predicted molar refractivity (Wildman–Crippen MR) is 73.7 cm³/mol. The lowest BCUT2D eigenvalue weighted by Crippen LogP contribution is -2.17. The van der Waals surface area contributed by atoms with Crippen LogP contribution in [0.3, 0.4) is 0 Å². The summed E-state index contributed by atoms with van der Waals surface area (Å²) in [6, 6.07) is 7.00. The molecule has 0 spiro atoms. The summed E-state index contributed by atoms with van der Waals surface area (Å²) >= 11 is 0. The van der Waals surface area contributed by atoms with E-state index in [4.69, 9.17) is 4.74 Å². The van der Waals surface area contributed by atoms with Crippen LogP contribution in [-0.2, 0) is 0 Å². The van der Waals surface area contributed by atoms with Crippen molar-refractivity contribution < 1.29 is 22.6 Å². The Morgan fingerprint density at radius 1 is 1.14 bits per heavy atom. The minimum atomic E-state index is -4.69. The van der Waals surface area contributed by atoms with E-state index in [-0.39, 0.29) is 11.8 Å². The number of nitrogens with zero attached hydrogens (tertiary/aromatic N) is 2. The van der Waals surface area contributed by atoms with Gasteiger partial charge < -0.3 is 14.8 Å². The van der Waals surface area contributed by atoms with E-state index in [0.29, 0.717) is 11.8 Å². The van der Waals surface area contributed by atoms with Crippen LogP contribution >= 0.6 is 0 Å². The molecule has 0 saturated carbocycles. The summed E-state index contributed by atoms with van der Waals surface area (Å²) in [5, 5.41) is 3.04. The minimum Gasteiger partial charge on any atom is -0.481 e.